The van der Waals surface area contributed by atoms with Crippen molar-refractivity contribution in [2.75, 3.05) is 20.2 Å². The number of nitrogens with zero attached hydrogens (tertiary/aromatic N) is 1. The topological polar surface area (TPSA) is 55.8 Å². The van der Waals surface area contributed by atoms with Crippen LogP contribution in [0.15, 0.2) is 103 Å². The first-order valence-electron chi connectivity index (χ1n) is 14.9. The average molecular weight is 598 g/mol. The number of aryl methyl sites for hydroxylation is 2. The Hall–Kier alpha value is -3.77. The smallest absolute Gasteiger partial charge is 0.337 e. The Morgan fingerprint density at radius 1 is 0.814 bits per heavy atom. The van der Waals surface area contributed by atoms with Gasteiger partial charge < -0.3 is 14.3 Å². The fourth-order valence-electron chi connectivity index (χ4n) is 5.05. The van der Waals surface area contributed by atoms with Gasteiger partial charge in [0.25, 0.3) is 0 Å². The third-order valence-corrected chi connectivity index (χ3v) is 7.73. The molecule has 0 amide bonds. The molecule has 0 radical (unpaired) electrons. The Balaban J connectivity index is 1.44. The van der Waals surface area contributed by atoms with Crippen molar-refractivity contribution in [2.45, 2.75) is 51.4 Å². The van der Waals surface area contributed by atoms with Gasteiger partial charge in [-0.1, -0.05) is 90.5 Å². The first-order chi connectivity index (χ1) is 21.0. The maximum Gasteiger partial charge on any atom is 0.337 e. The normalized spacial score (nSPS) is 11.8. The van der Waals surface area contributed by atoms with Crippen LogP contribution in [0.1, 0.15) is 63.5 Å². The minimum absolute atomic E-state index is 0.211. The van der Waals surface area contributed by atoms with Crippen LogP contribution in [0.4, 0.5) is 0 Å². The van der Waals surface area contributed by atoms with Gasteiger partial charge in [0, 0.05) is 24.5 Å². The van der Waals surface area contributed by atoms with Gasteiger partial charge in [-0.25, -0.2) is 4.79 Å². The number of halogens is 1. The van der Waals surface area contributed by atoms with Crippen LogP contribution in [0, 0.1) is 0 Å². The molecule has 224 valence electrons. The molecular formula is C37H40ClNO4. The predicted octanol–water partition coefficient (Wildman–Crippen LogP) is 8.04. The molecule has 0 aliphatic rings. The van der Waals surface area contributed by atoms with Crippen molar-refractivity contribution in [3.8, 4) is 0 Å². The highest BCUT2D eigenvalue weighted by atomic mass is 35.5. The number of esters is 1. The minimum Gasteiger partial charge on any atom is -0.465 e. The summed E-state index contributed by atoms with van der Waals surface area (Å²) in [6.07, 6.45) is 5.05. The van der Waals surface area contributed by atoms with Crippen LogP contribution >= 0.6 is 11.6 Å². The van der Waals surface area contributed by atoms with Crippen LogP contribution in [0.2, 0.25) is 5.02 Å². The first kappa shape index (κ1) is 32.2. The molecule has 0 bridgehead atoms. The molecule has 0 aliphatic heterocycles. The van der Waals surface area contributed by atoms with Crippen LogP contribution in [0.25, 0.3) is 0 Å². The van der Waals surface area contributed by atoms with Crippen molar-refractivity contribution >= 4 is 23.9 Å². The highest BCUT2D eigenvalue weighted by Crippen LogP contribution is 2.25. The molecule has 6 heteroatoms. The lowest BCUT2D eigenvalue weighted by atomic mass is 10.0. The fraction of sp³-hybridized carbons (Fsp3) is 0.297. The van der Waals surface area contributed by atoms with Crippen molar-refractivity contribution in [2.24, 2.45) is 0 Å². The first-order valence-corrected chi connectivity index (χ1v) is 15.2. The second-order valence-corrected chi connectivity index (χ2v) is 11.2. The lowest BCUT2D eigenvalue weighted by molar-refractivity contribution is -0.107. The van der Waals surface area contributed by atoms with Crippen molar-refractivity contribution in [1.82, 2.24) is 4.90 Å². The molecule has 4 aromatic rings. The minimum atomic E-state index is -0.351. The summed E-state index contributed by atoms with van der Waals surface area (Å²) in [4.78, 5) is 25.1. The zero-order chi connectivity index (χ0) is 30.3. The monoisotopic (exact) mass is 597 g/mol. The van der Waals surface area contributed by atoms with E-state index in [-0.39, 0.29) is 12.1 Å². The van der Waals surface area contributed by atoms with E-state index in [1.165, 1.54) is 18.2 Å². The highest BCUT2D eigenvalue weighted by molar-refractivity contribution is 6.30. The zero-order valence-corrected chi connectivity index (χ0v) is 25.5. The van der Waals surface area contributed by atoms with Gasteiger partial charge in [-0.2, -0.15) is 0 Å². The van der Waals surface area contributed by atoms with Crippen molar-refractivity contribution in [3.05, 3.63) is 142 Å². The molecule has 0 heterocycles. The molecule has 0 aromatic heterocycles. The molecule has 43 heavy (non-hydrogen) atoms. The highest BCUT2D eigenvalue weighted by Gasteiger charge is 2.19. The molecule has 5 nitrogen and oxygen atoms in total. The van der Waals surface area contributed by atoms with Crippen LogP contribution in [0.5, 0.6) is 0 Å². The summed E-state index contributed by atoms with van der Waals surface area (Å²) < 4.78 is 11.4. The van der Waals surface area contributed by atoms with E-state index in [1.54, 1.807) is 12.1 Å². The third-order valence-electron chi connectivity index (χ3n) is 7.49. The number of hydrogen-bond donors (Lipinski definition) is 0. The van der Waals surface area contributed by atoms with E-state index in [1.807, 2.05) is 36.4 Å². The quantitative estimate of drug-likeness (QED) is 0.0700. The Morgan fingerprint density at radius 3 is 2.16 bits per heavy atom. The van der Waals surface area contributed by atoms with Crippen LogP contribution in [-0.2, 0) is 40.3 Å². The summed E-state index contributed by atoms with van der Waals surface area (Å²) in [5.74, 6) is -0.351. The van der Waals surface area contributed by atoms with E-state index in [9.17, 15) is 9.59 Å². The molecule has 1 unspecified atom stereocenters. The molecule has 0 fully saturated rings. The van der Waals surface area contributed by atoms with Crippen molar-refractivity contribution < 1.29 is 19.1 Å². The Bertz CT molecular complexity index is 1410. The summed E-state index contributed by atoms with van der Waals surface area (Å²) in [5.41, 5.74) is 6.39. The van der Waals surface area contributed by atoms with Gasteiger partial charge in [-0.3, -0.25) is 4.90 Å². The average Bonchev–Trinajstić information content (AvgIpc) is 3.04. The van der Waals surface area contributed by atoms with Crippen molar-refractivity contribution in [1.29, 1.82) is 0 Å². The molecular weight excluding hydrogens is 558 g/mol. The van der Waals surface area contributed by atoms with Crippen LogP contribution in [-0.4, -0.2) is 37.4 Å². The molecule has 1 atom stereocenters. The number of rotatable bonds is 17. The molecule has 4 aromatic carbocycles. The van der Waals surface area contributed by atoms with E-state index < -0.39 is 0 Å². The summed E-state index contributed by atoms with van der Waals surface area (Å²) in [6.45, 7) is 2.61. The number of carbonyl (C=O) groups excluding carboxylic acids is 2. The van der Waals surface area contributed by atoms with E-state index in [2.05, 4.69) is 59.5 Å². The lowest BCUT2D eigenvalue weighted by Gasteiger charge is -2.28. The summed E-state index contributed by atoms with van der Waals surface area (Å²) in [6, 6.07) is 34.6. The molecule has 0 N–H and O–H groups in total. The summed E-state index contributed by atoms with van der Waals surface area (Å²) >= 11 is 6.39. The van der Waals surface area contributed by atoms with E-state index >= 15 is 0 Å². The Labute approximate surface area is 260 Å². The number of benzene rings is 4. The predicted molar refractivity (Wildman–Crippen MR) is 172 cm³/mol. The van der Waals surface area contributed by atoms with E-state index in [0.29, 0.717) is 36.7 Å². The van der Waals surface area contributed by atoms with Gasteiger partial charge in [0.05, 0.1) is 25.4 Å². The van der Waals surface area contributed by atoms with Gasteiger partial charge in [0.1, 0.15) is 6.29 Å². The molecule has 0 aliphatic carbocycles. The SMILES string of the molecule is COC(=O)c1ccc(CN(CCCCC=O)CC(OCc2ccc(CCc3ccccc3)cc2)c2cccc(Cl)c2)cc1. The number of aldehydes is 1. The number of unbranched alkanes of at least 4 members (excludes halogenated alkanes) is 2. The van der Waals surface area contributed by atoms with Crippen LogP contribution < -0.4 is 0 Å². The number of carbonyl (C=O) groups is 2. The summed E-state index contributed by atoms with van der Waals surface area (Å²) in [7, 11) is 1.38. The Kier molecular flexibility index (Phi) is 13.0. The lowest BCUT2D eigenvalue weighted by Crippen LogP contribution is -2.30. The van der Waals surface area contributed by atoms with E-state index in [4.69, 9.17) is 21.1 Å². The van der Waals surface area contributed by atoms with Gasteiger partial charge >= 0.3 is 5.97 Å². The third kappa shape index (κ3) is 10.8. The standard InChI is InChI=1S/C37H40ClNO4/c1-42-37(41)33-21-19-31(20-22-33)26-39(23-6-3-7-24-40)27-36(34-11-8-12-35(38)25-34)43-28-32-17-15-30(16-18-32)14-13-29-9-4-2-5-10-29/h2,4-5,8-12,15-22,24-25,36H,3,6-7,13-14,23,26-28H2,1H3. The molecule has 0 spiro atoms. The van der Waals surface area contributed by atoms with Crippen LogP contribution in [0.3, 0.4) is 0 Å². The zero-order valence-electron chi connectivity index (χ0n) is 24.8. The van der Waals surface area contributed by atoms with Gasteiger partial charge in [-0.15, -0.1) is 0 Å². The molecule has 0 saturated carbocycles. The molecule has 0 saturated heterocycles. The number of methoxy groups -OCH3 is 1. The second kappa shape index (κ2) is 17.4. The fourth-order valence-corrected chi connectivity index (χ4v) is 5.25. The largest absolute Gasteiger partial charge is 0.465 e. The number of hydrogen-bond acceptors (Lipinski definition) is 5. The maximum atomic E-state index is 11.9. The van der Waals surface area contributed by atoms with Gasteiger partial charge in [0.15, 0.2) is 0 Å². The number of ether oxygens (including phenoxy) is 2. The second-order valence-electron chi connectivity index (χ2n) is 10.7. The maximum absolute atomic E-state index is 11.9. The summed E-state index contributed by atoms with van der Waals surface area (Å²) in [5, 5.41) is 0.671. The van der Waals surface area contributed by atoms with Gasteiger partial charge in [-0.05, 0) is 84.3 Å². The van der Waals surface area contributed by atoms with Gasteiger partial charge in [0.2, 0.25) is 0 Å². The Morgan fingerprint density at radius 2 is 1.49 bits per heavy atom. The van der Waals surface area contributed by atoms with E-state index in [0.717, 1.165) is 55.2 Å². The molecule has 4 rings (SSSR count). The van der Waals surface area contributed by atoms with Crippen molar-refractivity contribution in [3.63, 3.8) is 0 Å².